The first-order valence-corrected chi connectivity index (χ1v) is 7.14. The summed E-state index contributed by atoms with van der Waals surface area (Å²) in [5, 5.41) is 0. The van der Waals surface area contributed by atoms with Crippen molar-refractivity contribution >= 4 is 21.7 Å². The number of hydrogen-bond donors (Lipinski definition) is 1. The Morgan fingerprint density at radius 2 is 2.16 bits per heavy atom. The first kappa shape index (κ1) is 14.8. The molecule has 19 heavy (non-hydrogen) atoms. The van der Waals surface area contributed by atoms with Crippen molar-refractivity contribution in [3.8, 4) is 11.8 Å². The summed E-state index contributed by atoms with van der Waals surface area (Å²) in [5.41, 5.74) is 1.06. The van der Waals surface area contributed by atoms with Crippen LogP contribution < -0.4 is 4.72 Å². The van der Waals surface area contributed by atoms with E-state index < -0.39 is 16.0 Å². The van der Waals surface area contributed by atoms with Crippen LogP contribution >= 0.6 is 0 Å². The van der Waals surface area contributed by atoms with Gasteiger partial charge in [0.05, 0.1) is 13.4 Å². The lowest BCUT2D eigenvalue weighted by Crippen LogP contribution is -2.09. The number of carbonyl (C=O) groups is 1. The molecule has 0 fully saturated rings. The second-order valence-electron chi connectivity index (χ2n) is 3.58. The van der Waals surface area contributed by atoms with Gasteiger partial charge in [-0.15, -0.1) is 0 Å². The Bertz CT molecular complexity index is 651. The lowest BCUT2D eigenvalue weighted by Gasteiger charge is -2.03. The first-order chi connectivity index (χ1) is 8.90. The van der Waals surface area contributed by atoms with Crippen molar-refractivity contribution in [2.45, 2.75) is 0 Å². The number of allylic oxidation sites excluding steroid dienone is 1. The summed E-state index contributed by atoms with van der Waals surface area (Å²) in [6.07, 6.45) is 3.64. The summed E-state index contributed by atoms with van der Waals surface area (Å²) in [4.78, 5) is 10.8. The van der Waals surface area contributed by atoms with Crippen LogP contribution in [-0.2, 0) is 19.6 Å². The molecular weight excluding hydrogens is 266 g/mol. The van der Waals surface area contributed by atoms with E-state index in [-0.39, 0.29) is 0 Å². The van der Waals surface area contributed by atoms with Gasteiger partial charge >= 0.3 is 5.97 Å². The van der Waals surface area contributed by atoms with Crippen molar-refractivity contribution in [3.63, 3.8) is 0 Å². The van der Waals surface area contributed by atoms with Crippen LogP contribution in [0.4, 0.5) is 5.69 Å². The van der Waals surface area contributed by atoms with Crippen LogP contribution in [0.2, 0.25) is 0 Å². The third-order valence-corrected chi connectivity index (χ3v) is 2.49. The van der Waals surface area contributed by atoms with Gasteiger partial charge < -0.3 is 4.74 Å². The predicted molar refractivity (Wildman–Crippen MR) is 72.9 cm³/mol. The summed E-state index contributed by atoms with van der Waals surface area (Å²) in [7, 11) is -2.03. The second-order valence-corrected chi connectivity index (χ2v) is 5.33. The maximum Gasteiger partial charge on any atom is 0.331 e. The van der Waals surface area contributed by atoms with E-state index in [1.165, 1.54) is 19.3 Å². The number of nitrogens with one attached hydrogen (secondary N) is 1. The van der Waals surface area contributed by atoms with Crippen LogP contribution in [0.25, 0.3) is 0 Å². The summed E-state index contributed by atoms with van der Waals surface area (Å²) in [5.74, 6) is 4.93. The molecule has 1 N–H and O–H groups in total. The van der Waals surface area contributed by atoms with Crippen LogP contribution in [0, 0.1) is 11.8 Å². The largest absolute Gasteiger partial charge is 0.466 e. The van der Waals surface area contributed by atoms with Crippen LogP contribution in [0.15, 0.2) is 36.4 Å². The highest BCUT2D eigenvalue weighted by atomic mass is 32.2. The van der Waals surface area contributed by atoms with Gasteiger partial charge in [-0.2, -0.15) is 0 Å². The van der Waals surface area contributed by atoms with Gasteiger partial charge in [0.15, 0.2) is 0 Å². The van der Waals surface area contributed by atoms with Gasteiger partial charge in [-0.25, -0.2) is 13.2 Å². The number of sulfonamides is 1. The van der Waals surface area contributed by atoms with Gasteiger partial charge in [0.1, 0.15) is 0 Å². The van der Waals surface area contributed by atoms with Gasteiger partial charge in [-0.05, 0) is 24.3 Å². The lowest BCUT2D eigenvalue weighted by atomic mass is 10.2. The number of rotatable bonds is 3. The molecule has 0 amide bonds. The Kier molecular flexibility index (Phi) is 5.15. The Hall–Kier alpha value is -2.26. The topological polar surface area (TPSA) is 72.5 Å². The van der Waals surface area contributed by atoms with E-state index in [1.807, 2.05) is 0 Å². The molecule has 0 unspecified atom stereocenters. The van der Waals surface area contributed by atoms with Gasteiger partial charge in [0.2, 0.25) is 10.0 Å². The quantitative estimate of drug-likeness (QED) is 0.511. The van der Waals surface area contributed by atoms with Crippen molar-refractivity contribution < 1.29 is 17.9 Å². The number of methoxy groups -OCH3 is 1. The number of esters is 1. The van der Waals surface area contributed by atoms with Crippen molar-refractivity contribution in [3.05, 3.63) is 42.0 Å². The number of carbonyl (C=O) groups excluding carboxylic acids is 1. The normalized spacial score (nSPS) is 10.6. The molecule has 1 aromatic carbocycles. The molecule has 1 rings (SSSR count). The van der Waals surface area contributed by atoms with E-state index >= 15 is 0 Å². The van der Waals surface area contributed by atoms with Crippen LogP contribution in [0.3, 0.4) is 0 Å². The Balaban J connectivity index is 2.81. The van der Waals surface area contributed by atoms with Gasteiger partial charge in [0, 0.05) is 17.3 Å². The van der Waals surface area contributed by atoms with Crippen LogP contribution in [0.1, 0.15) is 5.56 Å². The summed E-state index contributed by atoms with van der Waals surface area (Å²) >= 11 is 0. The molecule has 0 aliphatic carbocycles. The molecule has 5 nitrogen and oxygen atoms in total. The summed E-state index contributed by atoms with van der Waals surface area (Å²) in [6, 6.07) is 6.63. The molecule has 0 aromatic heterocycles. The number of benzene rings is 1. The van der Waals surface area contributed by atoms with Crippen LogP contribution in [0.5, 0.6) is 0 Å². The summed E-state index contributed by atoms with van der Waals surface area (Å²) < 4.78 is 28.9. The molecule has 0 heterocycles. The van der Waals surface area contributed by atoms with E-state index in [4.69, 9.17) is 0 Å². The monoisotopic (exact) mass is 279 g/mol. The molecule has 0 saturated carbocycles. The highest BCUT2D eigenvalue weighted by Gasteiger charge is 2.01. The predicted octanol–water partition coefficient (Wildman–Crippen LogP) is 1.14. The standard InChI is InChI=1S/C13H13NO4S/c1-18-13(15)9-4-3-6-11-7-5-8-12(10-11)14-19(2,16)17/h4-5,7-10,14H,1-2H3/b9-4+. The molecule has 0 saturated heterocycles. The number of anilines is 1. The molecule has 0 aliphatic rings. The highest BCUT2D eigenvalue weighted by molar-refractivity contribution is 7.92. The Morgan fingerprint density at radius 1 is 1.42 bits per heavy atom. The fraction of sp³-hybridized carbons (Fsp3) is 0.154. The zero-order valence-corrected chi connectivity index (χ0v) is 11.3. The van der Waals surface area contributed by atoms with Gasteiger partial charge in [0.25, 0.3) is 0 Å². The van der Waals surface area contributed by atoms with Gasteiger partial charge in [-0.3, -0.25) is 4.72 Å². The third kappa shape index (κ3) is 6.29. The summed E-state index contributed by atoms with van der Waals surface area (Å²) in [6.45, 7) is 0. The molecule has 6 heteroatoms. The SMILES string of the molecule is COC(=O)/C=C/C#Cc1cccc(NS(C)(=O)=O)c1. The molecule has 0 radical (unpaired) electrons. The number of hydrogen-bond acceptors (Lipinski definition) is 4. The highest BCUT2D eigenvalue weighted by Crippen LogP contribution is 2.10. The minimum atomic E-state index is -3.31. The molecule has 0 bridgehead atoms. The Morgan fingerprint density at radius 3 is 2.79 bits per heavy atom. The molecule has 1 aromatic rings. The minimum Gasteiger partial charge on any atom is -0.466 e. The maximum absolute atomic E-state index is 11.1. The molecule has 0 aliphatic heterocycles. The zero-order chi connectivity index (χ0) is 14.3. The average molecular weight is 279 g/mol. The minimum absolute atomic E-state index is 0.436. The fourth-order valence-electron chi connectivity index (χ4n) is 1.18. The molecule has 100 valence electrons. The van der Waals surface area contributed by atoms with E-state index in [1.54, 1.807) is 24.3 Å². The van der Waals surface area contributed by atoms with E-state index in [0.717, 1.165) is 6.26 Å². The maximum atomic E-state index is 11.1. The lowest BCUT2D eigenvalue weighted by molar-refractivity contribution is -0.134. The smallest absolute Gasteiger partial charge is 0.331 e. The van der Waals surface area contributed by atoms with Gasteiger partial charge in [-0.1, -0.05) is 17.9 Å². The van der Waals surface area contributed by atoms with E-state index in [0.29, 0.717) is 11.3 Å². The molecule has 0 atom stereocenters. The van der Waals surface area contributed by atoms with Crippen molar-refractivity contribution in [2.75, 3.05) is 18.1 Å². The zero-order valence-electron chi connectivity index (χ0n) is 10.5. The van der Waals surface area contributed by atoms with Crippen LogP contribution in [-0.4, -0.2) is 27.8 Å². The van der Waals surface area contributed by atoms with E-state index in [2.05, 4.69) is 21.3 Å². The van der Waals surface area contributed by atoms with Crippen molar-refractivity contribution in [1.29, 1.82) is 0 Å². The third-order valence-electron chi connectivity index (χ3n) is 1.89. The second kappa shape index (κ2) is 6.61. The number of ether oxygens (including phenoxy) is 1. The first-order valence-electron chi connectivity index (χ1n) is 5.24. The molecule has 0 spiro atoms. The molecular formula is C13H13NO4S. The average Bonchev–Trinajstić information content (AvgIpc) is 2.32. The van der Waals surface area contributed by atoms with E-state index in [9.17, 15) is 13.2 Å². The van der Waals surface area contributed by atoms with Crippen molar-refractivity contribution in [2.24, 2.45) is 0 Å². The Labute approximate surface area is 112 Å². The fourth-order valence-corrected chi connectivity index (χ4v) is 1.73. The van der Waals surface area contributed by atoms with Crippen molar-refractivity contribution in [1.82, 2.24) is 0 Å².